The van der Waals surface area contributed by atoms with Crippen LogP contribution in [0.2, 0.25) is 0 Å². The zero-order chi connectivity index (χ0) is 11.4. The number of nitrogens with zero attached hydrogens (tertiary/aromatic N) is 1. The predicted molar refractivity (Wildman–Crippen MR) is 72.1 cm³/mol. The summed E-state index contributed by atoms with van der Waals surface area (Å²) >= 11 is 0. The van der Waals surface area contributed by atoms with E-state index in [1.165, 1.54) is 24.8 Å². The quantitative estimate of drug-likeness (QED) is 0.871. The number of rotatable bonds is 5. The van der Waals surface area contributed by atoms with Gasteiger partial charge in [-0.25, -0.2) is 0 Å². The summed E-state index contributed by atoms with van der Waals surface area (Å²) in [6.45, 7) is 4.25. The van der Waals surface area contributed by atoms with Crippen molar-refractivity contribution in [2.24, 2.45) is 5.41 Å². The van der Waals surface area contributed by atoms with Crippen LogP contribution < -0.4 is 5.32 Å². The Hall–Kier alpha value is -1.04. The molecular formula is C14H19ClN2. The van der Waals surface area contributed by atoms with E-state index in [-0.39, 0.29) is 12.4 Å². The molecule has 17 heavy (non-hydrogen) atoms. The number of benzene rings is 1. The van der Waals surface area contributed by atoms with Gasteiger partial charge in [0.2, 0.25) is 0 Å². The highest BCUT2D eigenvalue weighted by atomic mass is 35.5. The average Bonchev–Trinajstić information content (AvgIpc) is 3.10. The molecule has 92 valence electrons. The van der Waals surface area contributed by atoms with Crippen LogP contribution in [0.1, 0.15) is 37.3 Å². The Morgan fingerprint density at radius 3 is 2.76 bits per heavy atom. The molecule has 0 amide bonds. The van der Waals surface area contributed by atoms with Crippen LogP contribution in [0.5, 0.6) is 0 Å². The monoisotopic (exact) mass is 250 g/mol. The molecule has 0 radical (unpaired) electrons. The van der Waals surface area contributed by atoms with Gasteiger partial charge in [-0.2, -0.15) is 5.26 Å². The largest absolute Gasteiger partial charge is 0.312 e. The third-order valence-electron chi connectivity index (χ3n) is 3.59. The summed E-state index contributed by atoms with van der Waals surface area (Å²) in [5, 5.41) is 12.3. The first kappa shape index (κ1) is 14.0. The summed E-state index contributed by atoms with van der Waals surface area (Å²) in [5.41, 5.74) is 2.54. The van der Waals surface area contributed by atoms with E-state index >= 15 is 0 Å². The first-order valence-electron chi connectivity index (χ1n) is 5.98. The van der Waals surface area contributed by atoms with Gasteiger partial charge in [0.15, 0.2) is 0 Å². The summed E-state index contributed by atoms with van der Waals surface area (Å²) in [4.78, 5) is 0. The lowest BCUT2D eigenvalue weighted by Gasteiger charge is -2.13. The lowest BCUT2D eigenvalue weighted by molar-refractivity contribution is 0.443. The Labute approximate surface area is 109 Å². The van der Waals surface area contributed by atoms with Crippen molar-refractivity contribution in [3.05, 3.63) is 35.4 Å². The molecule has 1 N–H and O–H groups in total. The van der Waals surface area contributed by atoms with Crippen molar-refractivity contribution in [2.45, 2.75) is 32.7 Å². The van der Waals surface area contributed by atoms with Crippen molar-refractivity contribution in [1.29, 1.82) is 5.26 Å². The minimum atomic E-state index is 0. The molecular weight excluding hydrogens is 232 g/mol. The lowest BCUT2D eigenvalue weighted by Crippen LogP contribution is -2.23. The SMILES string of the molecule is CCC1(CNCc2cccc(C#N)c2)CC1.Cl. The molecule has 0 heterocycles. The van der Waals surface area contributed by atoms with Gasteiger partial charge >= 0.3 is 0 Å². The fourth-order valence-electron chi connectivity index (χ4n) is 2.05. The standard InChI is InChI=1S/C14H18N2.ClH/c1-2-14(6-7-14)11-16-10-13-5-3-4-12(8-13)9-15;/h3-5,8,16H,2,6-7,10-11H2,1H3;1H. The van der Waals surface area contributed by atoms with Gasteiger partial charge in [0, 0.05) is 13.1 Å². The van der Waals surface area contributed by atoms with Crippen LogP contribution in [0.3, 0.4) is 0 Å². The molecule has 0 bridgehead atoms. The molecule has 0 saturated heterocycles. The van der Waals surface area contributed by atoms with Crippen molar-refractivity contribution in [3.63, 3.8) is 0 Å². The molecule has 0 spiro atoms. The first-order chi connectivity index (χ1) is 7.78. The van der Waals surface area contributed by atoms with E-state index in [1.807, 2.05) is 18.2 Å². The van der Waals surface area contributed by atoms with Gasteiger partial charge in [-0.3, -0.25) is 0 Å². The van der Waals surface area contributed by atoms with E-state index in [9.17, 15) is 0 Å². The molecule has 0 aromatic heterocycles. The van der Waals surface area contributed by atoms with Crippen LogP contribution in [0.25, 0.3) is 0 Å². The van der Waals surface area contributed by atoms with Crippen molar-refractivity contribution in [3.8, 4) is 6.07 Å². The smallest absolute Gasteiger partial charge is 0.0991 e. The van der Waals surface area contributed by atoms with Crippen LogP contribution in [0.4, 0.5) is 0 Å². The van der Waals surface area contributed by atoms with Gasteiger partial charge in [-0.15, -0.1) is 12.4 Å². The second-order valence-electron chi connectivity index (χ2n) is 4.77. The number of nitrogens with one attached hydrogen (secondary N) is 1. The summed E-state index contributed by atoms with van der Waals surface area (Å²) in [6, 6.07) is 9.99. The Balaban J connectivity index is 0.00000144. The Bertz CT molecular complexity index is 405. The van der Waals surface area contributed by atoms with Crippen molar-refractivity contribution >= 4 is 12.4 Å². The maximum atomic E-state index is 8.79. The fourth-order valence-corrected chi connectivity index (χ4v) is 2.05. The third-order valence-corrected chi connectivity index (χ3v) is 3.59. The van der Waals surface area contributed by atoms with Crippen molar-refractivity contribution in [1.82, 2.24) is 5.32 Å². The highest BCUT2D eigenvalue weighted by molar-refractivity contribution is 5.85. The minimum Gasteiger partial charge on any atom is -0.312 e. The maximum absolute atomic E-state index is 8.79. The summed E-state index contributed by atoms with van der Waals surface area (Å²) in [5.74, 6) is 0. The Morgan fingerprint density at radius 1 is 1.41 bits per heavy atom. The van der Waals surface area contributed by atoms with E-state index in [2.05, 4.69) is 24.4 Å². The predicted octanol–water partition coefficient (Wildman–Crippen LogP) is 3.26. The number of nitriles is 1. The minimum absolute atomic E-state index is 0. The maximum Gasteiger partial charge on any atom is 0.0991 e. The van der Waals surface area contributed by atoms with Gasteiger partial charge in [-0.05, 0) is 42.4 Å². The Morgan fingerprint density at radius 2 is 2.18 bits per heavy atom. The average molecular weight is 251 g/mol. The highest BCUT2D eigenvalue weighted by Crippen LogP contribution is 2.47. The van der Waals surface area contributed by atoms with Crippen LogP contribution in [-0.2, 0) is 6.54 Å². The van der Waals surface area contributed by atoms with Gasteiger partial charge in [0.05, 0.1) is 11.6 Å². The molecule has 0 atom stereocenters. The van der Waals surface area contributed by atoms with Gasteiger partial charge in [-0.1, -0.05) is 19.1 Å². The molecule has 0 unspecified atom stereocenters. The molecule has 3 heteroatoms. The normalized spacial score (nSPS) is 15.8. The zero-order valence-electron chi connectivity index (χ0n) is 10.2. The summed E-state index contributed by atoms with van der Waals surface area (Å²) < 4.78 is 0. The van der Waals surface area contributed by atoms with E-state index in [0.717, 1.165) is 18.7 Å². The van der Waals surface area contributed by atoms with E-state index in [1.54, 1.807) is 0 Å². The molecule has 0 aliphatic heterocycles. The third kappa shape index (κ3) is 3.73. The summed E-state index contributed by atoms with van der Waals surface area (Å²) in [6.07, 6.45) is 4.02. The second-order valence-corrected chi connectivity index (χ2v) is 4.77. The number of halogens is 1. The molecule has 2 nitrogen and oxygen atoms in total. The molecule has 1 aliphatic carbocycles. The summed E-state index contributed by atoms with van der Waals surface area (Å²) in [7, 11) is 0. The molecule has 1 aromatic rings. The van der Waals surface area contributed by atoms with Crippen molar-refractivity contribution in [2.75, 3.05) is 6.54 Å². The molecule has 1 saturated carbocycles. The van der Waals surface area contributed by atoms with Crippen molar-refractivity contribution < 1.29 is 0 Å². The molecule has 1 fully saturated rings. The van der Waals surface area contributed by atoms with Gasteiger partial charge in [0.25, 0.3) is 0 Å². The lowest BCUT2D eigenvalue weighted by atomic mass is 10.0. The van der Waals surface area contributed by atoms with Gasteiger partial charge in [0.1, 0.15) is 0 Å². The Kier molecular flexibility index (Phi) is 4.99. The van der Waals surface area contributed by atoms with Gasteiger partial charge < -0.3 is 5.32 Å². The zero-order valence-corrected chi connectivity index (χ0v) is 11.0. The van der Waals surface area contributed by atoms with Crippen LogP contribution in [0, 0.1) is 16.7 Å². The second kappa shape index (κ2) is 6.05. The van der Waals surface area contributed by atoms with E-state index < -0.39 is 0 Å². The fraction of sp³-hybridized carbons (Fsp3) is 0.500. The number of hydrogen-bond acceptors (Lipinski definition) is 2. The molecule has 2 rings (SSSR count). The topological polar surface area (TPSA) is 35.8 Å². The molecule has 1 aromatic carbocycles. The number of hydrogen-bond donors (Lipinski definition) is 1. The highest BCUT2D eigenvalue weighted by Gasteiger charge is 2.39. The van der Waals surface area contributed by atoms with E-state index in [4.69, 9.17) is 5.26 Å². The van der Waals surface area contributed by atoms with Crippen LogP contribution in [-0.4, -0.2) is 6.54 Å². The first-order valence-corrected chi connectivity index (χ1v) is 5.98. The van der Waals surface area contributed by atoms with E-state index in [0.29, 0.717) is 5.41 Å². The van der Waals surface area contributed by atoms with Crippen LogP contribution in [0.15, 0.2) is 24.3 Å². The molecule has 1 aliphatic rings. The van der Waals surface area contributed by atoms with Crippen LogP contribution >= 0.6 is 12.4 Å².